The third kappa shape index (κ3) is 2.02. The van der Waals surface area contributed by atoms with Gasteiger partial charge in [-0.3, -0.25) is 0 Å². The number of hydrogen-bond donors (Lipinski definition) is 0. The third-order valence-electron chi connectivity index (χ3n) is 4.18. The van der Waals surface area contributed by atoms with Gasteiger partial charge in [0.05, 0.1) is 5.52 Å². The minimum absolute atomic E-state index is 0.953. The number of benzene rings is 2. The molecule has 0 spiro atoms. The summed E-state index contributed by atoms with van der Waals surface area (Å²) in [5.41, 5.74) is 3.40. The third-order valence-corrected chi connectivity index (χ3v) is 4.18. The van der Waals surface area contributed by atoms with Gasteiger partial charge in [-0.05, 0) is 42.5 Å². The molecule has 0 saturated heterocycles. The van der Waals surface area contributed by atoms with E-state index < -0.39 is 0 Å². The number of para-hydroxylation sites is 1. The summed E-state index contributed by atoms with van der Waals surface area (Å²) in [6, 6.07) is 21.0. The Morgan fingerprint density at radius 3 is 2.68 bits per heavy atom. The first-order valence-electron chi connectivity index (χ1n) is 7.37. The van der Waals surface area contributed by atoms with Crippen LogP contribution in [0.5, 0.6) is 0 Å². The summed E-state index contributed by atoms with van der Waals surface area (Å²) in [4.78, 5) is 6.88. The standard InChI is InChI=1S/C19H17N3/c1-21-12-11-15-13-16(8-9-18(15)21)22(2)19-10-7-14-5-3-4-6-17(14)20-19/h3-13H,1-2H3. The minimum atomic E-state index is 0.953. The van der Waals surface area contributed by atoms with Gasteiger partial charge in [0.25, 0.3) is 0 Å². The predicted octanol–water partition coefficient (Wildman–Crippen LogP) is 4.49. The fourth-order valence-electron chi connectivity index (χ4n) is 2.85. The Kier molecular flexibility index (Phi) is 2.86. The molecule has 0 radical (unpaired) electrons. The van der Waals surface area contributed by atoms with Crippen molar-refractivity contribution in [3.63, 3.8) is 0 Å². The predicted molar refractivity (Wildman–Crippen MR) is 92.7 cm³/mol. The molecule has 22 heavy (non-hydrogen) atoms. The van der Waals surface area contributed by atoms with E-state index in [1.165, 1.54) is 10.9 Å². The van der Waals surface area contributed by atoms with E-state index in [0.717, 1.165) is 22.4 Å². The monoisotopic (exact) mass is 287 g/mol. The van der Waals surface area contributed by atoms with Gasteiger partial charge in [-0.25, -0.2) is 4.98 Å². The molecule has 4 rings (SSSR count). The maximum absolute atomic E-state index is 4.76. The molecule has 2 aromatic heterocycles. The lowest BCUT2D eigenvalue weighted by molar-refractivity contribution is 0.969. The normalized spacial score (nSPS) is 11.2. The Labute approximate surface area is 129 Å². The van der Waals surface area contributed by atoms with E-state index in [9.17, 15) is 0 Å². The lowest BCUT2D eigenvalue weighted by Gasteiger charge is -2.19. The number of aromatic nitrogens is 2. The minimum Gasteiger partial charge on any atom is -0.351 e. The van der Waals surface area contributed by atoms with Crippen LogP contribution in [0.4, 0.5) is 11.5 Å². The zero-order chi connectivity index (χ0) is 15.1. The van der Waals surface area contributed by atoms with Crippen molar-refractivity contribution in [1.82, 2.24) is 9.55 Å². The maximum Gasteiger partial charge on any atom is 0.133 e. The summed E-state index contributed by atoms with van der Waals surface area (Å²) < 4.78 is 2.13. The Hall–Kier alpha value is -2.81. The number of aryl methyl sites for hydroxylation is 1. The fraction of sp³-hybridized carbons (Fsp3) is 0.105. The molecule has 0 bridgehead atoms. The van der Waals surface area contributed by atoms with Gasteiger partial charge in [0.15, 0.2) is 0 Å². The van der Waals surface area contributed by atoms with Crippen LogP contribution in [0.3, 0.4) is 0 Å². The first-order chi connectivity index (χ1) is 10.7. The van der Waals surface area contributed by atoms with Gasteiger partial charge < -0.3 is 9.47 Å². The summed E-state index contributed by atoms with van der Waals surface area (Å²) in [5.74, 6) is 0.953. The molecule has 3 nitrogen and oxygen atoms in total. The van der Waals surface area contributed by atoms with E-state index in [4.69, 9.17) is 4.98 Å². The molecule has 0 aliphatic rings. The van der Waals surface area contributed by atoms with Gasteiger partial charge in [0.1, 0.15) is 5.82 Å². The van der Waals surface area contributed by atoms with E-state index in [-0.39, 0.29) is 0 Å². The molecular weight excluding hydrogens is 270 g/mol. The van der Waals surface area contributed by atoms with E-state index >= 15 is 0 Å². The van der Waals surface area contributed by atoms with E-state index in [1.807, 2.05) is 18.2 Å². The zero-order valence-corrected chi connectivity index (χ0v) is 12.7. The van der Waals surface area contributed by atoms with E-state index in [0.29, 0.717) is 0 Å². The Balaban J connectivity index is 1.78. The van der Waals surface area contributed by atoms with Gasteiger partial charge in [-0.2, -0.15) is 0 Å². The molecule has 3 heteroatoms. The number of pyridine rings is 1. The molecule has 0 saturated carbocycles. The van der Waals surface area contributed by atoms with Crippen molar-refractivity contribution < 1.29 is 0 Å². The molecule has 108 valence electrons. The largest absolute Gasteiger partial charge is 0.351 e. The van der Waals surface area contributed by atoms with Crippen LogP contribution < -0.4 is 4.90 Å². The van der Waals surface area contributed by atoms with Crippen LogP contribution >= 0.6 is 0 Å². The highest BCUT2D eigenvalue weighted by Gasteiger charge is 2.08. The molecular formula is C19H17N3. The van der Waals surface area contributed by atoms with Crippen molar-refractivity contribution in [2.24, 2.45) is 7.05 Å². The summed E-state index contributed by atoms with van der Waals surface area (Å²) in [5, 5.41) is 2.41. The highest BCUT2D eigenvalue weighted by Crippen LogP contribution is 2.27. The molecule has 2 heterocycles. The number of fused-ring (bicyclic) bond motifs is 2. The van der Waals surface area contributed by atoms with Crippen LogP contribution in [-0.4, -0.2) is 16.6 Å². The van der Waals surface area contributed by atoms with Crippen LogP contribution in [0, 0.1) is 0 Å². The summed E-state index contributed by atoms with van der Waals surface area (Å²) in [6.45, 7) is 0. The second-order valence-corrected chi connectivity index (χ2v) is 5.59. The molecule has 2 aromatic carbocycles. The highest BCUT2D eigenvalue weighted by molar-refractivity contribution is 5.86. The van der Waals surface area contributed by atoms with Gasteiger partial charge >= 0.3 is 0 Å². The molecule has 0 aliphatic heterocycles. The van der Waals surface area contributed by atoms with Crippen LogP contribution in [0.25, 0.3) is 21.8 Å². The Bertz CT molecular complexity index is 969. The van der Waals surface area contributed by atoms with Gasteiger partial charge in [0.2, 0.25) is 0 Å². The van der Waals surface area contributed by atoms with E-state index in [1.54, 1.807) is 0 Å². The van der Waals surface area contributed by atoms with Crippen LogP contribution in [0.1, 0.15) is 0 Å². The first-order valence-corrected chi connectivity index (χ1v) is 7.37. The summed E-state index contributed by atoms with van der Waals surface area (Å²) in [6.07, 6.45) is 2.09. The maximum atomic E-state index is 4.76. The van der Waals surface area contributed by atoms with Crippen molar-refractivity contribution in [2.45, 2.75) is 0 Å². The number of hydrogen-bond acceptors (Lipinski definition) is 2. The quantitative estimate of drug-likeness (QED) is 0.541. The zero-order valence-electron chi connectivity index (χ0n) is 12.7. The lowest BCUT2D eigenvalue weighted by Crippen LogP contribution is -2.10. The molecule has 0 atom stereocenters. The van der Waals surface area contributed by atoms with Crippen molar-refractivity contribution in [2.75, 3.05) is 11.9 Å². The van der Waals surface area contributed by atoms with Crippen molar-refractivity contribution in [1.29, 1.82) is 0 Å². The second kappa shape index (κ2) is 4.88. The SMILES string of the molecule is CN(c1ccc2c(ccn2C)c1)c1ccc2ccccc2n1. The van der Waals surface area contributed by atoms with Crippen molar-refractivity contribution in [3.05, 3.63) is 66.9 Å². The number of nitrogens with zero attached hydrogens (tertiary/aromatic N) is 3. The fourth-order valence-corrected chi connectivity index (χ4v) is 2.85. The molecule has 0 amide bonds. The highest BCUT2D eigenvalue weighted by atomic mass is 15.2. The van der Waals surface area contributed by atoms with Crippen LogP contribution in [-0.2, 0) is 7.05 Å². The Morgan fingerprint density at radius 1 is 0.909 bits per heavy atom. The molecule has 0 N–H and O–H groups in total. The summed E-state index contributed by atoms with van der Waals surface area (Å²) in [7, 11) is 4.12. The lowest BCUT2D eigenvalue weighted by atomic mass is 10.2. The number of anilines is 2. The smallest absolute Gasteiger partial charge is 0.133 e. The van der Waals surface area contributed by atoms with Crippen molar-refractivity contribution in [3.8, 4) is 0 Å². The second-order valence-electron chi connectivity index (χ2n) is 5.59. The molecule has 4 aromatic rings. The average molecular weight is 287 g/mol. The topological polar surface area (TPSA) is 21.1 Å². The van der Waals surface area contributed by atoms with Crippen molar-refractivity contribution >= 4 is 33.3 Å². The molecule has 0 aliphatic carbocycles. The average Bonchev–Trinajstić information content (AvgIpc) is 2.94. The first kappa shape index (κ1) is 12.9. The number of rotatable bonds is 2. The van der Waals surface area contributed by atoms with Crippen LogP contribution in [0.2, 0.25) is 0 Å². The van der Waals surface area contributed by atoms with Gasteiger partial charge in [-0.15, -0.1) is 0 Å². The van der Waals surface area contributed by atoms with Crippen LogP contribution in [0.15, 0.2) is 66.9 Å². The Morgan fingerprint density at radius 2 is 1.77 bits per heavy atom. The van der Waals surface area contributed by atoms with Gasteiger partial charge in [-0.1, -0.05) is 18.2 Å². The van der Waals surface area contributed by atoms with E-state index in [2.05, 4.69) is 72.2 Å². The van der Waals surface area contributed by atoms with Gasteiger partial charge in [0, 0.05) is 42.3 Å². The summed E-state index contributed by atoms with van der Waals surface area (Å²) >= 11 is 0. The molecule has 0 fully saturated rings. The molecule has 0 unspecified atom stereocenters.